The van der Waals surface area contributed by atoms with Crippen molar-refractivity contribution in [3.63, 3.8) is 0 Å². The fourth-order valence-electron chi connectivity index (χ4n) is 2.20. The van der Waals surface area contributed by atoms with Gasteiger partial charge in [0, 0.05) is 34.9 Å². The zero-order valence-corrected chi connectivity index (χ0v) is 12.8. The highest BCUT2D eigenvalue weighted by molar-refractivity contribution is 9.10. The number of aromatic amines is 1. The van der Waals surface area contributed by atoms with Crippen molar-refractivity contribution in [1.82, 2.24) is 15.1 Å². The lowest BCUT2D eigenvalue weighted by Crippen LogP contribution is -2.38. The van der Waals surface area contributed by atoms with Gasteiger partial charge in [-0.15, -0.1) is 0 Å². The fraction of sp³-hybridized carbons (Fsp3) is 0.231. The summed E-state index contributed by atoms with van der Waals surface area (Å²) < 4.78 is 0.771. The molecule has 20 heavy (non-hydrogen) atoms. The van der Waals surface area contributed by atoms with Crippen LogP contribution >= 0.6 is 27.5 Å². The maximum absolute atomic E-state index is 12.2. The van der Waals surface area contributed by atoms with Gasteiger partial charge in [-0.3, -0.25) is 5.10 Å². The third-order valence-electron chi connectivity index (χ3n) is 3.25. The predicted octanol–water partition coefficient (Wildman–Crippen LogP) is 3.42. The molecule has 0 saturated carbocycles. The molecule has 0 aliphatic carbocycles. The van der Waals surface area contributed by atoms with Crippen molar-refractivity contribution < 1.29 is 4.79 Å². The van der Waals surface area contributed by atoms with Crippen molar-refractivity contribution in [2.75, 3.05) is 11.9 Å². The Kier molecular flexibility index (Phi) is 3.67. The summed E-state index contributed by atoms with van der Waals surface area (Å²) in [7, 11) is 0. The SMILES string of the molecule is O=C(Nc1cccc(Cl)c1)N1CCc2[nH]nc(Br)c2C1. The standard InChI is InChI=1S/C13H12BrClN4O/c14-12-10-7-19(5-4-11(10)17-18-12)13(20)16-9-3-1-2-8(15)6-9/h1-3,6H,4-5,7H2,(H,16,20)(H,17,18). The van der Waals surface area contributed by atoms with E-state index < -0.39 is 0 Å². The van der Waals surface area contributed by atoms with Gasteiger partial charge in [-0.05, 0) is 34.1 Å². The topological polar surface area (TPSA) is 61.0 Å². The van der Waals surface area contributed by atoms with Crippen molar-refractivity contribution >= 4 is 39.2 Å². The van der Waals surface area contributed by atoms with Crippen molar-refractivity contribution in [3.05, 3.63) is 45.1 Å². The molecular weight excluding hydrogens is 344 g/mol. The van der Waals surface area contributed by atoms with Crippen molar-refractivity contribution in [2.24, 2.45) is 0 Å². The molecule has 3 rings (SSSR count). The Labute approximate surface area is 129 Å². The largest absolute Gasteiger partial charge is 0.322 e. The summed E-state index contributed by atoms with van der Waals surface area (Å²) in [5.74, 6) is 0. The number of hydrogen-bond donors (Lipinski definition) is 2. The number of amides is 2. The van der Waals surface area contributed by atoms with Gasteiger partial charge in [-0.2, -0.15) is 5.10 Å². The van der Waals surface area contributed by atoms with Crippen LogP contribution in [0.15, 0.2) is 28.9 Å². The second kappa shape index (κ2) is 5.46. The first-order valence-corrected chi connectivity index (χ1v) is 7.33. The molecule has 0 fully saturated rings. The van der Waals surface area contributed by atoms with Crippen molar-refractivity contribution in [3.8, 4) is 0 Å². The Morgan fingerprint density at radius 1 is 1.50 bits per heavy atom. The summed E-state index contributed by atoms with van der Waals surface area (Å²) in [6.45, 7) is 1.20. The summed E-state index contributed by atoms with van der Waals surface area (Å²) >= 11 is 9.29. The molecule has 0 bridgehead atoms. The lowest BCUT2D eigenvalue weighted by atomic mass is 10.1. The Balaban J connectivity index is 1.71. The molecule has 1 aliphatic rings. The van der Waals surface area contributed by atoms with E-state index in [0.717, 1.165) is 22.3 Å². The first kappa shape index (κ1) is 13.5. The van der Waals surface area contributed by atoms with Crippen molar-refractivity contribution in [1.29, 1.82) is 0 Å². The second-order valence-electron chi connectivity index (χ2n) is 4.58. The molecule has 0 spiro atoms. The molecule has 0 saturated heterocycles. The summed E-state index contributed by atoms with van der Waals surface area (Å²) in [5, 5.41) is 10.5. The maximum atomic E-state index is 12.2. The molecule has 2 amide bonds. The molecule has 0 atom stereocenters. The van der Waals surface area contributed by atoms with Crippen LogP contribution in [0.5, 0.6) is 0 Å². The number of hydrogen-bond acceptors (Lipinski definition) is 2. The Hall–Kier alpha value is -1.53. The molecule has 1 aliphatic heterocycles. The number of anilines is 1. The molecule has 0 unspecified atom stereocenters. The van der Waals surface area contributed by atoms with E-state index in [2.05, 4.69) is 31.4 Å². The molecule has 1 aromatic carbocycles. The quantitative estimate of drug-likeness (QED) is 0.823. The molecule has 2 N–H and O–H groups in total. The van der Waals surface area contributed by atoms with Gasteiger partial charge >= 0.3 is 6.03 Å². The van der Waals surface area contributed by atoms with Crippen LogP contribution in [0.4, 0.5) is 10.5 Å². The van der Waals surface area contributed by atoms with Gasteiger partial charge in [0.1, 0.15) is 4.60 Å². The van der Waals surface area contributed by atoms with Crippen LogP contribution in [-0.4, -0.2) is 27.7 Å². The summed E-state index contributed by atoms with van der Waals surface area (Å²) in [6, 6.07) is 6.98. The number of carbonyl (C=O) groups is 1. The molecule has 7 heteroatoms. The summed E-state index contributed by atoms with van der Waals surface area (Å²) in [4.78, 5) is 14.0. The molecule has 104 valence electrons. The number of aromatic nitrogens is 2. The van der Waals surface area contributed by atoms with E-state index in [-0.39, 0.29) is 6.03 Å². The van der Waals surface area contributed by atoms with E-state index in [0.29, 0.717) is 23.8 Å². The lowest BCUT2D eigenvalue weighted by Gasteiger charge is -2.27. The number of fused-ring (bicyclic) bond motifs is 1. The Bertz CT molecular complexity index is 658. The highest BCUT2D eigenvalue weighted by atomic mass is 79.9. The number of halogens is 2. The molecule has 0 radical (unpaired) electrons. The van der Waals surface area contributed by atoms with Crippen LogP contribution in [0.1, 0.15) is 11.3 Å². The van der Waals surface area contributed by atoms with E-state index in [9.17, 15) is 4.79 Å². The number of H-pyrrole nitrogens is 1. The molecule has 2 aromatic rings. The monoisotopic (exact) mass is 354 g/mol. The number of rotatable bonds is 1. The third-order valence-corrected chi connectivity index (χ3v) is 4.14. The van der Waals surface area contributed by atoms with E-state index in [1.807, 2.05) is 6.07 Å². The second-order valence-corrected chi connectivity index (χ2v) is 5.77. The van der Waals surface area contributed by atoms with Crippen LogP contribution in [0.2, 0.25) is 5.02 Å². The van der Waals surface area contributed by atoms with Gasteiger partial charge in [0.05, 0.1) is 6.54 Å². The van der Waals surface area contributed by atoms with Gasteiger partial charge < -0.3 is 10.2 Å². The normalized spacial score (nSPS) is 14.0. The zero-order valence-electron chi connectivity index (χ0n) is 10.5. The van der Waals surface area contributed by atoms with Gasteiger partial charge in [-0.25, -0.2) is 4.79 Å². The maximum Gasteiger partial charge on any atom is 0.322 e. The van der Waals surface area contributed by atoms with Crippen molar-refractivity contribution in [2.45, 2.75) is 13.0 Å². The smallest absolute Gasteiger partial charge is 0.320 e. The van der Waals surface area contributed by atoms with Crippen LogP contribution < -0.4 is 5.32 Å². The minimum Gasteiger partial charge on any atom is -0.320 e. The van der Waals surface area contributed by atoms with Crippen LogP contribution in [-0.2, 0) is 13.0 Å². The lowest BCUT2D eigenvalue weighted by molar-refractivity contribution is 0.206. The van der Waals surface area contributed by atoms with Crippen LogP contribution in [0.25, 0.3) is 0 Å². The van der Waals surface area contributed by atoms with E-state index in [4.69, 9.17) is 11.6 Å². The average molecular weight is 356 g/mol. The number of nitrogens with zero attached hydrogens (tertiary/aromatic N) is 2. The van der Waals surface area contributed by atoms with E-state index in [1.54, 1.807) is 23.1 Å². The molecular formula is C13H12BrClN4O. The molecule has 2 heterocycles. The highest BCUT2D eigenvalue weighted by Crippen LogP contribution is 2.24. The summed E-state index contributed by atoms with van der Waals surface area (Å²) in [5.41, 5.74) is 2.82. The van der Waals surface area contributed by atoms with E-state index >= 15 is 0 Å². The minimum absolute atomic E-state index is 0.133. The first-order valence-electron chi connectivity index (χ1n) is 6.16. The highest BCUT2D eigenvalue weighted by Gasteiger charge is 2.24. The number of benzene rings is 1. The van der Waals surface area contributed by atoms with Gasteiger partial charge in [-0.1, -0.05) is 17.7 Å². The van der Waals surface area contributed by atoms with Crippen LogP contribution in [0.3, 0.4) is 0 Å². The third kappa shape index (κ3) is 2.66. The number of carbonyl (C=O) groups excluding carboxylic acids is 1. The van der Waals surface area contributed by atoms with E-state index in [1.165, 1.54) is 0 Å². The van der Waals surface area contributed by atoms with Gasteiger partial charge in [0.15, 0.2) is 0 Å². The summed E-state index contributed by atoms with van der Waals surface area (Å²) in [6.07, 6.45) is 0.775. The first-order chi connectivity index (χ1) is 9.63. The molecule has 5 nitrogen and oxygen atoms in total. The number of urea groups is 1. The Morgan fingerprint density at radius 2 is 2.35 bits per heavy atom. The fourth-order valence-corrected chi connectivity index (χ4v) is 2.85. The predicted molar refractivity (Wildman–Crippen MR) is 80.9 cm³/mol. The Morgan fingerprint density at radius 3 is 3.15 bits per heavy atom. The van der Waals surface area contributed by atoms with Gasteiger partial charge in [0.25, 0.3) is 0 Å². The average Bonchev–Trinajstić information content (AvgIpc) is 2.80. The molecule has 1 aromatic heterocycles. The van der Waals surface area contributed by atoms with Crippen LogP contribution in [0, 0.1) is 0 Å². The van der Waals surface area contributed by atoms with Gasteiger partial charge in [0.2, 0.25) is 0 Å². The zero-order chi connectivity index (χ0) is 14.1. The number of nitrogens with one attached hydrogen (secondary N) is 2. The minimum atomic E-state index is -0.133.